The van der Waals surface area contributed by atoms with E-state index in [4.69, 9.17) is 9.47 Å². The number of ether oxygens (including phenoxy) is 2. The van der Waals surface area contributed by atoms with Crippen LogP contribution >= 0.6 is 0 Å². The first-order chi connectivity index (χ1) is 43.3. The lowest BCUT2D eigenvalue weighted by molar-refractivity contribution is -0.144. The smallest absolute Gasteiger partial charge is 0.305 e. The molecule has 0 amide bonds. The molecular weight excluding hydrogens is 1090 g/mol. The van der Waals surface area contributed by atoms with Gasteiger partial charge in [-0.05, 0) is 90.5 Å². The Morgan fingerprint density at radius 1 is 0.295 bits per heavy atom. The molecule has 0 radical (unpaired) electrons. The van der Waals surface area contributed by atoms with E-state index in [1.807, 2.05) is 6.92 Å². The maximum absolute atomic E-state index is 12.3. The van der Waals surface area contributed by atoms with Gasteiger partial charge < -0.3 is 34.8 Å². The summed E-state index contributed by atoms with van der Waals surface area (Å²) in [5, 5.41) is 25.4. The van der Waals surface area contributed by atoms with Gasteiger partial charge in [0.05, 0.1) is 25.4 Å². The molecule has 9 heteroatoms. The van der Waals surface area contributed by atoms with Crippen molar-refractivity contribution in [2.24, 2.45) is 0 Å². The second kappa shape index (κ2) is 78.2. The maximum atomic E-state index is 12.3. The highest BCUT2D eigenvalue weighted by Crippen LogP contribution is 2.18. The molecule has 0 fully saturated rings. The second-order valence-corrected chi connectivity index (χ2v) is 27.5. The third-order valence-electron chi connectivity index (χ3n) is 18.3. The Bertz CT molecular complexity index is 1310. The molecule has 2 atom stereocenters. The topological polar surface area (TPSA) is 112 Å². The van der Waals surface area contributed by atoms with Crippen molar-refractivity contribution >= 4 is 11.9 Å². The highest BCUT2D eigenvalue weighted by atomic mass is 16.5. The van der Waals surface area contributed by atoms with Crippen LogP contribution in [0.4, 0.5) is 0 Å². The largest absolute Gasteiger partial charge is 0.466 e. The molecular formula is C79H161N3O6. The van der Waals surface area contributed by atoms with Crippen LogP contribution in [-0.2, 0) is 19.1 Å². The summed E-state index contributed by atoms with van der Waals surface area (Å²) in [6, 6.07) is 0. The molecule has 0 aromatic rings. The van der Waals surface area contributed by atoms with Gasteiger partial charge in [-0.25, -0.2) is 0 Å². The number of carbonyl (C=O) groups excluding carboxylic acids is 2. The molecule has 0 aromatic heterocycles. The van der Waals surface area contributed by atoms with Crippen LogP contribution in [0.25, 0.3) is 0 Å². The number of aliphatic hydroxyl groups excluding tert-OH is 2. The maximum Gasteiger partial charge on any atom is 0.305 e. The van der Waals surface area contributed by atoms with Crippen LogP contribution in [0.15, 0.2) is 0 Å². The van der Waals surface area contributed by atoms with Crippen molar-refractivity contribution in [2.45, 2.75) is 433 Å². The number of rotatable bonds is 74. The molecule has 9 nitrogen and oxygen atoms in total. The summed E-state index contributed by atoms with van der Waals surface area (Å²) < 4.78 is 10.7. The molecule has 0 saturated heterocycles. The minimum absolute atomic E-state index is 0.0311. The lowest BCUT2D eigenvalue weighted by atomic mass is 10.0. The molecule has 0 bridgehead atoms. The van der Waals surface area contributed by atoms with Crippen LogP contribution in [0.5, 0.6) is 0 Å². The van der Waals surface area contributed by atoms with Gasteiger partial charge in [0.1, 0.15) is 0 Å². The van der Waals surface area contributed by atoms with E-state index < -0.39 is 6.10 Å². The summed E-state index contributed by atoms with van der Waals surface area (Å²) in [5.41, 5.74) is 0. The first kappa shape index (κ1) is 88.8. The van der Waals surface area contributed by atoms with E-state index in [-0.39, 0.29) is 18.0 Å². The Morgan fingerprint density at radius 2 is 0.545 bits per heavy atom. The van der Waals surface area contributed by atoms with Crippen LogP contribution in [0.3, 0.4) is 0 Å². The van der Waals surface area contributed by atoms with Crippen molar-refractivity contribution < 1.29 is 29.3 Å². The number of unbranched alkanes of at least 4 members (excludes halogenated alkanes) is 48. The Balaban J connectivity index is 0. The Hall–Kier alpha value is -1.26. The van der Waals surface area contributed by atoms with Gasteiger partial charge >= 0.3 is 11.9 Å². The van der Waals surface area contributed by atoms with Crippen molar-refractivity contribution in [3.63, 3.8) is 0 Å². The summed E-state index contributed by atoms with van der Waals surface area (Å²) in [7, 11) is 0. The number of hydrogen-bond donors (Lipinski definition) is 3. The zero-order valence-electron chi connectivity index (χ0n) is 60.9. The first-order valence-electron chi connectivity index (χ1n) is 40.1. The van der Waals surface area contributed by atoms with Crippen molar-refractivity contribution in [2.75, 3.05) is 65.6 Å². The molecule has 0 rings (SSSR count). The lowest BCUT2D eigenvalue weighted by Crippen LogP contribution is -2.40. The Labute approximate surface area is 551 Å². The van der Waals surface area contributed by atoms with Gasteiger partial charge in [0.2, 0.25) is 0 Å². The van der Waals surface area contributed by atoms with E-state index >= 15 is 0 Å². The summed E-state index contributed by atoms with van der Waals surface area (Å²) in [6.07, 6.45) is 74.9. The quantitative estimate of drug-likeness (QED) is 0.0405. The molecule has 0 saturated carbocycles. The predicted molar refractivity (Wildman–Crippen MR) is 386 cm³/mol. The molecule has 88 heavy (non-hydrogen) atoms. The van der Waals surface area contributed by atoms with Gasteiger partial charge in [-0.15, -0.1) is 0 Å². The molecule has 0 spiro atoms. The fraction of sp³-hybridized carbons (Fsp3) is 0.975. The number of carbonyl (C=O) groups is 2. The minimum Gasteiger partial charge on any atom is -0.466 e. The summed E-state index contributed by atoms with van der Waals surface area (Å²) in [4.78, 5) is 28.6. The predicted octanol–water partition coefficient (Wildman–Crippen LogP) is 23.1. The molecule has 0 heterocycles. The normalized spacial score (nSPS) is 12.3. The van der Waals surface area contributed by atoms with Crippen LogP contribution in [0.2, 0.25) is 0 Å². The number of hydrogen-bond acceptors (Lipinski definition) is 9. The number of nitrogens with one attached hydrogen (secondary N) is 1. The average Bonchev–Trinajstić information content (AvgIpc) is 3.56. The van der Waals surface area contributed by atoms with E-state index in [0.29, 0.717) is 39.1 Å². The van der Waals surface area contributed by atoms with E-state index in [0.717, 1.165) is 103 Å². The third kappa shape index (κ3) is 75.5. The minimum atomic E-state index is -0.421. The van der Waals surface area contributed by atoms with Crippen LogP contribution < -0.4 is 5.32 Å². The number of esters is 2. The average molecular weight is 1250 g/mol. The molecule has 2 unspecified atom stereocenters. The standard InChI is InChI=1S/C60H123N3O4.C19H38O2/c1-5-9-13-16-19-22-25-28-31-34-37-40-45-54-67-60(66)48-46-49-61-55-59(65)57-63(51-42-39-36-33-30-27-24-21-18-15-11-7-3)53-44-43-52-62(56-58(64)47-12-8-4)50-41-38-35-32-29-26-23-20-17-14-10-6-2;1-3-5-6-7-8-9-10-11-12-13-14-15-16-18-21-19(20)17-4-2/h58-59,61,64-65H,5-57H2,1-4H3;3-18H2,1-2H3. The highest BCUT2D eigenvalue weighted by molar-refractivity contribution is 5.69. The van der Waals surface area contributed by atoms with Crippen molar-refractivity contribution in [3.8, 4) is 0 Å². The fourth-order valence-corrected chi connectivity index (χ4v) is 12.4. The molecule has 3 N–H and O–H groups in total. The SMILES string of the molecule is CCCCCCCCCCCCCCCOC(=O)CCC.CCCCCCCCCCCCCCCOC(=O)CCCNCC(O)CN(CCCCCCCCCCCCCC)CCCCN(CCCCCCCCCCCCCC)CC(O)CCCC. The monoisotopic (exact) mass is 1250 g/mol. The van der Waals surface area contributed by atoms with Gasteiger partial charge in [-0.3, -0.25) is 9.59 Å². The fourth-order valence-electron chi connectivity index (χ4n) is 12.4. The van der Waals surface area contributed by atoms with Crippen LogP contribution in [0.1, 0.15) is 420 Å². The van der Waals surface area contributed by atoms with E-state index in [1.165, 1.54) is 302 Å². The van der Waals surface area contributed by atoms with Crippen molar-refractivity contribution in [3.05, 3.63) is 0 Å². The van der Waals surface area contributed by atoms with Gasteiger partial charge in [0.15, 0.2) is 0 Å². The molecule has 0 aliphatic heterocycles. The Morgan fingerprint density at radius 3 is 0.841 bits per heavy atom. The van der Waals surface area contributed by atoms with E-state index in [9.17, 15) is 19.8 Å². The van der Waals surface area contributed by atoms with Gasteiger partial charge in [-0.1, -0.05) is 350 Å². The summed E-state index contributed by atoms with van der Waals surface area (Å²) in [5.74, 6) is -0.116. The first-order valence-corrected chi connectivity index (χ1v) is 40.1. The van der Waals surface area contributed by atoms with Crippen LogP contribution in [-0.4, -0.2) is 110 Å². The van der Waals surface area contributed by atoms with Gasteiger partial charge in [-0.2, -0.15) is 0 Å². The molecule has 528 valence electrons. The van der Waals surface area contributed by atoms with Gasteiger partial charge in [0.25, 0.3) is 0 Å². The summed E-state index contributed by atoms with van der Waals surface area (Å²) >= 11 is 0. The third-order valence-corrected chi connectivity index (χ3v) is 18.3. The van der Waals surface area contributed by atoms with Crippen molar-refractivity contribution in [1.29, 1.82) is 0 Å². The number of nitrogens with zero attached hydrogens (tertiary/aromatic N) is 2. The molecule has 0 aliphatic rings. The highest BCUT2D eigenvalue weighted by Gasteiger charge is 2.15. The molecule has 0 aromatic carbocycles. The number of aliphatic hydroxyl groups is 2. The van der Waals surface area contributed by atoms with Crippen LogP contribution in [0, 0.1) is 0 Å². The van der Waals surface area contributed by atoms with Gasteiger partial charge in [0, 0.05) is 32.5 Å². The van der Waals surface area contributed by atoms with E-state index in [1.54, 1.807) is 0 Å². The molecule has 0 aliphatic carbocycles. The second-order valence-electron chi connectivity index (χ2n) is 27.5. The zero-order valence-corrected chi connectivity index (χ0v) is 60.9. The van der Waals surface area contributed by atoms with Crippen molar-refractivity contribution in [1.82, 2.24) is 15.1 Å². The van der Waals surface area contributed by atoms with E-state index in [2.05, 4.69) is 49.7 Å². The zero-order chi connectivity index (χ0) is 64.4. The lowest BCUT2D eigenvalue weighted by Gasteiger charge is -2.27. The Kier molecular flexibility index (Phi) is 78.9. The summed E-state index contributed by atoms with van der Waals surface area (Å²) in [6.45, 7) is 21.6.